The molecule has 0 saturated heterocycles. The number of aliphatic imine (C=N–C) groups is 1. The van der Waals surface area contributed by atoms with E-state index in [9.17, 15) is 0 Å². The summed E-state index contributed by atoms with van der Waals surface area (Å²) in [5.41, 5.74) is 8.52. The Balaban J connectivity index is 1.55. The largest absolute Gasteiger partial charge is 0.370 e. The van der Waals surface area contributed by atoms with Crippen LogP contribution in [0.15, 0.2) is 46.8 Å². The first kappa shape index (κ1) is 16.9. The topological polar surface area (TPSA) is 50.4 Å². The fraction of sp³-hybridized carbons (Fsp3) is 0.353. The fourth-order valence-electron chi connectivity index (χ4n) is 1.93. The maximum Gasteiger partial charge on any atom is 0.188 e. The number of guanidine groups is 1. The van der Waals surface area contributed by atoms with Gasteiger partial charge < -0.3 is 11.1 Å². The summed E-state index contributed by atoms with van der Waals surface area (Å²) in [6, 6.07) is 12.9. The van der Waals surface area contributed by atoms with Gasteiger partial charge in [-0.2, -0.15) is 11.8 Å². The van der Waals surface area contributed by atoms with Crippen LogP contribution in [-0.2, 0) is 12.2 Å². The molecule has 1 heterocycles. The van der Waals surface area contributed by atoms with E-state index in [2.05, 4.69) is 59.0 Å². The van der Waals surface area contributed by atoms with Crippen LogP contribution in [0.1, 0.15) is 16.0 Å². The van der Waals surface area contributed by atoms with Gasteiger partial charge >= 0.3 is 0 Å². The van der Waals surface area contributed by atoms with Gasteiger partial charge in [0.1, 0.15) is 0 Å². The minimum absolute atomic E-state index is 0.549. The predicted molar refractivity (Wildman–Crippen MR) is 99.9 cm³/mol. The number of nitrogens with one attached hydrogen (secondary N) is 1. The summed E-state index contributed by atoms with van der Waals surface area (Å²) in [5, 5.41) is 5.26. The Kier molecular flexibility index (Phi) is 7.33. The van der Waals surface area contributed by atoms with E-state index in [4.69, 9.17) is 5.73 Å². The van der Waals surface area contributed by atoms with Crippen molar-refractivity contribution in [2.75, 3.05) is 18.8 Å². The van der Waals surface area contributed by atoms with E-state index in [1.165, 1.54) is 16.0 Å². The Bertz CT molecular complexity index is 562. The molecule has 3 nitrogen and oxygen atoms in total. The Hall–Kier alpha value is -1.46. The lowest BCUT2D eigenvalue weighted by molar-refractivity contribution is 0.861. The summed E-state index contributed by atoms with van der Waals surface area (Å²) < 4.78 is 0. The third-order valence-electron chi connectivity index (χ3n) is 3.16. The van der Waals surface area contributed by atoms with Gasteiger partial charge in [0.15, 0.2) is 5.96 Å². The molecule has 5 heteroatoms. The van der Waals surface area contributed by atoms with E-state index in [0.717, 1.165) is 31.0 Å². The van der Waals surface area contributed by atoms with Gasteiger partial charge in [-0.3, -0.25) is 4.99 Å². The number of benzene rings is 1. The Morgan fingerprint density at radius 1 is 1.27 bits per heavy atom. The summed E-state index contributed by atoms with van der Waals surface area (Å²) in [5.74, 6) is 2.57. The third kappa shape index (κ3) is 6.54. The van der Waals surface area contributed by atoms with E-state index in [1.54, 1.807) is 11.3 Å². The van der Waals surface area contributed by atoms with E-state index < -0.39 is 0 Å². The molecule has 0 bridgehead atoms. The van der Waals surface area contributed by atoms with Gasteiger partial charge in [-0.15, -0.1) is 11.3 Å². The van der Waals surface area contributed by atoms with Crippen LogP contribution in [0.5, 0.6) is 0 Å². The van der Waals surface area contributed by atoms with Gasteiger partial charge in [0.05, 0.1) is 6.54 Å². The third-order valence-corrected chi connectivity index (χ3v) is 5.11. The zero-order chi connectivity index (χ0) is 15.6. The second kappa shape index (κ2) is 9.54. The molecule has 0 amide bonds. The summed E-state index contributed by atoms with van der Waals surface area (Å²) >= 11 is 3.66. The monoisotopic (exact) mass is 333 g/mol. The van der Waals surface area contributed by atoms with Crippen LogP contribution in [0.25, 0.3) is 0 Å². The zero-order valence-corrected chi connectivity index (χ0v) is 14.6. The van der Waals surface area contributed by atoms with Crippen molar-refractivity contribution in [2.24, 2.45) is 10.7 Å². The molecule has 0 atom stereocenters. The van der Waals surface area contributed by atoms with Gasteiger partial charge in [0, 0.05) is 22.9 Å². The first-order valence-electron chi connectivity index (χ1n) is 7.43. The molecule has 0 aliphatic rings. The molecule has 0 saturated carbocycles. The lowest BCUT2D eigenvalue weighted by atomic mass is 10.2. The van der Waals surface area contributed by atoms with Crippen LogP contribution >= 0.6 is 23.1 Å². The van der Waals surface area contributed by atoms with Gasteiger partial charge in [0.2, 0.25) is 0 Å². The second-order valence-corrected chi connectivity index (χ2v) is 7.20. The number of nitrogens with two attached hydrogens (primary N) is 1. The molecule has 0 radical (unpaired) electrons. The lowest BCUT2D eigenvalue weighted by Crippen LogP contribution is -2.33. The van der Waals surface area contributed by atoms with Crippen molar-refractivity contribution < 1.29 is 0 Å². The maximum absolute atomic E-state index is 5.86. The molecule has 2 aromatic rings. The zero-order valence-electron chi connectivity index (χ0n) is 12.9. The molecular weight excluding hydrogens is 310 g/mol. The van der Waals surface area contributed by atoms with Crippen molar-refractivity contribution in [3.63, 3.8) is 0 Å². The number of aryl methyl sites for hydroxylation is 1. The average molecular weight is 334 g/mol. The first-order chi connectivity index (χ1) is 10.7. The van der Waals surface area contributed by atoms with Gasteiger partial charge in [-0.1, -0.05) is 35.9 Å². The molecule has 1 aromatic heterocycles. The molecule has 0 aliphatic carbocycles. The minimum atomic E-state index is 0.549. The molecule has 118 valence electrons. The Labute approximate surface area is 141 Å². The number of thiophene rings is 1. The smallest absolute Gasteiger partial charge is 0.188 e. The van der Waals surface area contributed by atoms with Crippen molar-refractivity contribution >= 4 is 29.1 Å². The lowest BCUT2D eigenvalue weighted by Gasteiger charge is -2.05. The van der Waals surface area contributed by atoms with Gasteiger partial charge in [-0.25, -0.2) is 0 Å². The van der Waals surface area contributed by atoms with Crippen LogP contribution in [0.3, 0.4) is 0 Å². The molecule has 0 spiro atoms. The van der Waals surface area contributed by atoms with E-state index in [1.807, 2.05) is 11.8 Å². The second-order valence-electron chi connectivity index (χ2n) is 5.06. The van der Waals surface area contributed by atoms with Crippen molar-refractivity contribution in [2.45, 2.75) is 19.1 Å². The number of hydrogen-bond acceptors (Lipinski definition) is 3. The number of thioether (sulfide) groups is 1. The highest BCUT2D eigenvalue weighted by molar-refractivity contribution is 7.98. The molecule has 2 rings (SSSR count). The molecule has 0 aliphatic heterocycles. The van der Waals surface area contributed by atoms with E-state index in [-0.39, 0.29) is 0 Å². The van der Waals surface area contributed by atoms with Crippen molar-refractivity contribution in [1.82, 2.24) is 5.32 Å². The van der Waals surface area contributed by atoms with Crippen LogP contribution in [0.4, 0.5) is 0 Å². The van der Waals surface area contributed by atoms with E-state index >= 15 is 0 Å². The number of hydrogen-bond donors (Lipinski definition) is 2. The van der Waals surface area contributed by atoms with Crippen LogP contribution in [0, 0.1) is 6.92 Å². The van der Waals surface area contributed by atoms with Crippen LogP contribution < -0.4 is 11.1 Å². The molecule has 3 N–H and O–H groups in total. The van der Waals surface area contributed by atoms with Crippen molar-refractivity contribution in [1.29, 1.82) is 0 Å². The highest BCUT2D eigenvalue weighted by Gasteiger charge is 1.96. The summed E-state index contributed by atoms with van der Waals surface area (Å²) in [7, 11) is 0. The Morgan fingerprint density at radius 2 is 2.09 bits per heavy atom. The highest BCUT2D eigenvalue weighted by atomic mass is 32.2. The number of rotatable bonds is 8. The minimum Gasteiger partial charge on any atom is -0.370 e. The SMILES string of the molecule is Cc1ccc(CSCCN=C(N)NCCc2cccs2)cc1. The Morgan fingerprint density at radius 3 is 2.82 bits per heavy atom. The predicted octanol–water partition coefficient (Wildman–Crippen LogP) is 3.44. The molecular formula is C17H23N3S2. The van der Waals surface area contributed by atoms with Crippen molar-refractivity contribution in [3.05, 3.63) is 57.8 Å². The summed E-state index contributed by atoms with van der Waals surface area (Å²) in [6.07, 6.45) is 0.996. The summed E-state index contributed by atoms with van der Waals surface area (Å²) in [6.45, 7) is 3.71. The van der Waals surface area contributed by atoms with Crippen LogP contribution in [-0.4, -0.2) is 24.8 Å². The van der Waals surface area contributed by atoms with Crippen LogP contribution in [0.2, 0.25) is 0 Å². The normalized spacial score (nSPS) is 11.6. The molecule has 0 unspecified atom stereocenters. The maximum atomic E-state index is 5.86. The molecule has 0 fully saturated rings. The van der Waals surface area contributed by atoms with Gasteiger partial charge in [-0.05, 0) is 30.4 Å². The molecule has 1 aromatic carbocycles. The van der Waals surface area contributed by atoms with Gasteiger partial charge in [0.25, 0.3) is 0 Å². The average Bonchev–Trinajstić information content (AvgIpc) is 3.02. The molecule has 22 heavy (non-hydrogen) atoms. The quantitative estimate of drug-likeness (QED) is 0.442. The van der Waals surface area contributed by atoms with E-state index in [0.29, 0.717) is 5.96 Å². The number of nitrogens with zero attached hydrogens (tertiary/aromatic N) is 1. The summed E-state index contributed by atoms with van der Waals surface area (Å²) in [4.78, 5) is 5.72. The van der Waals surface area contributed by atoms with Crippen molar-refractivity contribution in [3.8, 4) is 0 Å². The fourth-order valence-corrected chi connectivity index (χ4v) is 3.43. The first-order valence-corrected chi connectivity index (χ1v) is 9.47. The highest BCUT2D eigenvalue weighted by Crippen LogP contribution is 2.12. The standard InChI is InChI=1S/C17H23N3S2/c1-14-4-6-15(7-5-14)13-21-12-10-20-17(18)19-9-8-16-3-2-11-22-16/h2-7,11H,8-10,12-13H2,1H3,(H3,18,19,20).